The summed E-state index contributed by atoms with van der Waals surface area (Å²) < 4.78 is 26.8. The molecule has 0 aliphatic carbocycles. The minimum Gasteiger partial charge on any atom is -0.296 e. The van der Waals surface area contributed by atoms with Gasteiger partial charge in [-0.3, -0.25) is 14.3 Å². The summed E-state index contributed by atoms with van der Waals surface area (Å²) in [6, 6.07) is 1.63. The monoisotopic (exact) mass is 388 g/mol. The molecule has 0 radical (unpaired) electrons. The summed E-state index contributed by atoms with van der Waals surface area (Å²) in [6.07, 6.45) is 2.55. The van der Waals surface area contributed by atoms with Gasteiger partial charge in [0, 0.05) is 12.1 Å². The van der Waals surface area contributed by atoms with E-state index in [1.807, 2.05) is 20.8 Å². The summed E-state index contributed by atoms with van der Waals surface area (Å²) >= 11 is 0. The second-order valence-electron chi connectivity index (χ2n) is 7.73. The van der Waals surface area contributed by atoms with Crippen LogP contribution in [0.2, 0.25) is 0 Å². The van der Waals surface area contributed by atoms with E-state index in [9.17, 15) is 18.0 Å². The lowest BCUT2D eigenvalue weighted by Crippen LogP contribution is -2.33. The standard InChI is InChI=1S/C20H24N2O4S/c1-6-22-16(11-23)15(10-21-22)18(24)14-9-12(2)19-17(13(14)3)20(4,5)7-8-27(19,25)26/h9-11H,6-8H2,1-5H3. The van der Waals surface area contributed by atoms with E-state index >= 15 is 0 Å². The Bertz CT molecular complexity index is 1060. The number of fused-ring (bicyclic) bond motifs is 1. The number of rotatable bonds is 4. The van der Waals surface area contributed by atoms with Crippen LogP contribution in [0.5, 0.6) is 0 Å². The second-order valence-corrected chi connectivity index (χ2v) is 9.78. The summed E-state index contributed by atoms with van der Waals surface area (Å²) in [4.78, 5) is 25.1. The van der Waals surface area contributed by atoms with Crippen molar-refractivity contribution < 1.29 is 18.0 Å². The highest BCUT2D eigenvalue weighted by Gasteiger charge is 2.39. The minimum absolute atomic E-state index is 0.110. The van der Waals surface area contributed by atoms with Gasteiger partial charge in [-0.05, 0) is 55.4 Å². The molecule has 0 bridgehead atoms. The molecule has 0 atom stereocenters. The van der Waals surface area contributed by atoms with Gasteiger partial charge in [-0.25, -0.2) is 8.42 Å². The molecule has 0 amide bonds. The third kappa shape index (κ3) is 2.94. The summed E-state index contributed by atoms with van der Waals surface area (Å²) in [5, 5.41) is 4.11. The summed E-state index contributed by atoms with van der Waals surface area (Å²) in [7, 11) is -3.37. The van der Waals surface area contributed by atoms with Crippen molar-refractivity contribution in [3.05, 3.63) is 45.8 Å². The molecular weight excluding hydrogens is 364 g/mol. The Morgan fingerprint density at radius 1 is 1.30 bits per heavy atom. The number of aromatic nitrogens is 2. The fourth-order valence-electron chi connectivity index (χ4n) is 4.05. The highest BCUT2D eigenvalue weighted by molar-refractivity contribution is 7.91. The van der Waals surface area contributed by atoms with Gasteiger partial charge in [0.25, 0.3) is 0 Å². The number of sulfone groups is 1. The molecule has 6 nitrogen and oxygen atoms in total. The third-order valence-electron chi connectivity index (χ3n) is 5.49. The average Bonchev–Trinajstić information content (AvgIpc) is 3.02. The number of benzene rings is 1. The second kappa shape index (κ2) is 6.41. The van der Waals surface area contributed by atoms with Gasteiger partial charge in [0.2, 0.25) is 0 Å². The number of carbonyl (C=O) groups excluding carboxylic acids is 2. The van der Waals surface area contributed by atoms with Crippen LogP contribution in [0, 0.1) is 13.8 Å². The van der Waals surface area contributed by atoms with E-state index in [-0.39, 0.29) is 28.2 Å². The molecule has 27 heavy (non-hydrogen) atoms. The lowest BCUT2D eigenvalue weighted by Gasteiger charge is -2.35. The van der Waals surface area contributed by atoms with E-state index in [0.717, 1.165) is 0 Å². The van der Waals surface area contributed by atoms with Crippen LogP contribution in [0.25, 0.3) is 0 Å². The minimum atomic E-state index is -3.37. The number of carbonyl (C=O) groups is 2. The molecule has 1 aliphatic rings. The molecule has 0 fully saturated rings. The van der Waals surface area contributed by atoms with E-state index < -0.39 is 9.84 Å². The Labute approximate surface area is 159 Å². The van der Waals surface area contributed by atoms with Crippen molar-refractivity contribution in [2.75, 3.05) is 5.75 Å². The Kier molecular flexibility index (Phi) is 4.62. The van der Waals surface area contributed by atoms with E-state index in [0.29, 0.717) is 46.4 Å². The molecule has 1 aliphatic heterocycles. The lowest BCUT2D eigenvalue weighted by molar-refractivity contribution is 0.102. The third-order valence-corrected chi connectivity index (χ3v) is 7.38. The fourth-order valence-corrected chi connectivity index (χ4v) is 6.32. The largest absolute Gasteiger partial charge is 0.296 e. The van der Waals surface area contributed by atoms with Crippen molar-refractivity contribution in [2.45, 2.75) is 57.9 Å². The van der Waals surface area contributed by atoms with Gasteiger partial charge in [-0.15, -0.1) is 0 Å². The van der Waals surface area contributed by atoms with E-state index in [1.165, 1.54) is 10.9 Å². The zero-order valence-electron chi connectivity index (χ0n) is 16.3. The molecule has 7 heteroatoms. The van der Waals surface area contributed by atoms with Crippen molar-refractivity contribution >= 4 is 21.9 Å². The number of hydrogen-bond acceptors (Lipinski definition) is 5. The van der Waals surface area contributed by atoms with Gasteiger partial charge in [0.15, 0.2) is 21.9 Å². The van der Waals surface area contributed by atoms with Gasteiger partial charge in [-0.2, -0.15) is 5.10 Å². The highest BCUT2D eigenvalue weighted by atomic mass is 32.2. The number of aldehydes is 1. The smallest absolute Gasteiger partial charge is 0.197 e. The SMILES string of the molecule is CCn1ncc(C(=O)c2cc(C)c3c(c2C)C(C)(C)CCS3(=O)=O)c1C=O. The van der Waals surface area contributed by atoms with Crippen LogP contribution in [-0.4, -0.2) is 36.0 Å². The van der Waals surface area contributed by atoms with Gasteiger partial charge in [0.05, 0.1) is 22.4 Å². The molecule has 0 saturated heterocycles. The van der Waals surface area contributed by atoms with E-state index in [1.54, 1.807) is 19.9 Å². The fraction of sp³-hybridized carbons (Fsp3) is 0.450. The Morgan fingerprint density at radius 3 is 2.56 bits per heavy atom. The van der Waals surface area contributed by atoms with Crippen LogP contribution in [0.15, 0.2) is 17.2 Å². The van der Waals surface area contributed by atoms with Gasteiger partial charge in [0.1, 0.15) is 5.69 Å². The first-order valence-corrected chi connectivity index (χ1v) is 10.6. The number of ketones is 1. The zero-order valence-corrected chi connectivity index (χ0v) is 17.1. The van der Waals surface area contributed by atoms with Crippen LogP contribution in [-0.2, 0) is 21.8 Å². The van der Waals surface area contributed by atoms with Crippen molar-refractivity contribution in [2.24, 2.45) is 0 Å². The Morgan fingerprint density at radius 2 is 1.96 bits per heavy atom. The normalized spacial score (nSPS) is 17.4. The molecule has 0 spiro atoms. The van der Waals surface area contributed by atoms with Crippen LogP contribution >= 0.6 is 0 Å². The zero-order chi connectivity index (χ0) is 20.1. The summed E-state index contributed by atoms with van der Waals surface area (Å²) in [6.45, 7) is 9.86. The number of aryl methyl sites for hydroxylation is 2. The first-order chi connectivity index (χ1) is 12.5. The summed E-state index contributed by atoms with van der Waals surface area (Å²) in [5.74, 6) is -0.196. The molecule has 2 heterocycles. The summed E-state index contributed by atoms with van der Waals surface area (Å²) in [5.41, 5.74) is 2.50. The molecule has 0 unspecified atom stereocenters. The maximum absolute atomic E-state index is 13.2. The molecule has 1 aromatic heterocycles. The quantitative estimate of drug-likeness (QED) is 0.594. The molecule has 144 valence electrons. The topological polar surface area (TPSA) is 86.1 Å². The number of nitrogens with zero attached hydrogens (tertiary/aromatic N) is 2. The molecule has 3 rings (SSSR count). The van der Waals surface area contributed by atoms with Crippen molar-refractivity contribution in [1.29, 1.82) is 0 Å². The van der Waals surface area contributed by atoms with Gasteiger partial charge >= 0.3 is 0 Å². The predicted molar refractivity (Wildman–Crippen MR) is 102 cm³/mol. The van der Waals surface area contributed by atoms with E-state index in [2.05, 4.69) is 5.10 Å². The van der Waals surface area contributed by atoms with Crippen molar-refractivity contribution in [3.63, 3.8) is 0 Å². The van der Waals surface area contributed by atoms with E-state index in [4.69, 9.17) is 0 Å². The van der Waals surface area contributed by atoms with Crippen LogP contribution in [0.4, 0.5) is 0 Å². The van der Waals surface area contributed by atoms with Crippen LogP contribution in [0.1, 0.15) is 70.3 Å². The van der Waals surface area contributed by atoms with Crippen molar-refractivity contribution in [3.8, 4) is 0 Å². The molecule has 1 aromatic carbocycles. The van der Waals surface area contributed by atoms with Crippen LogP contribution < -0.4 is 0 Å². The number of hydrogen-bond donors (Lipinski definition) is 0. The maximum Gasteiger partial charge on any atom is 0.197 e. The first-order valence-electron chi connectivity index (χ1n) is 8.98. The Balaban J connectivity index is 2.28. The lowest BCUT2D eigenvalue weighted by atomic mass is 9.77. The highest BCUT2D eigenvalue weighted by Crippen LogP contribution is 2.43. The molecule has 0 saturated carbocycles. The first kappa shape index (κ1) is 19.5. The maximum atomic E-state index is 13.2. The van der Waals surface area contributed by atoms with Crippen LogP contribution in [0.3, 0.4) is 0 Å². The Hall–Kier alpha value is -2.28. The molecule has 0 N–H and O–H groups in total. The van der Waals surface area contributed by atoms with Crippen molar-refractivity contribution in [1.82, 2.24) is 9.78 Å². The molecular formula is C20H24N2O4S. The van der Waals surface area contributed by atoms with Gasteiger partial charge in [-0.1, -0.05) is 13.8 Å². The molecule has 2 aromatic rings. The predicted octanol–water partition coefficient (Wildman–Crippen LogP) is 3.02. The van der Waals surface area contributed by atoms with Gasteiger partial charge < -0.3 is 0 Å². The average molecular weight is 388 g/mol.